The van der Waals surface area contributed by atoms with E-state index in [9.17, 15) is 4.79 Å². The molecule has 1 rings (SSSR count). The van der Waals surface area contributed by atoms with Crippen LogP contribution in [0.5, 0.6) is 5.75 Å². The van der Waals surface area contributed by atoms with Crippen LogP contribution < -0.4 is 4.74 Å². The molecule has 0 radical (unpaired) electrons. The summed E-state index contributed by atoms with van der Waals surface area (Å²) in [6, 6.07) is 4.70. The lowest BCUT2D eigenvalue weighted by Crippen LogP contribution is -2.06. The van der Waals surface area contributed by atoms with Crippen LogP contribution in [0.2, 0.25) is 10.0 Å². The van der Waals surface area contributed by atoms with Crippen molar-refractivity contribution in [3.8, 4) is 5.75 Å². The van der Waals surface area contributed by atoms with Gasteiger partial charge >= 0.3 is 5.97 Å². The fourth-order valence-corrected chi connectivity index (χ4v) is 1.48. The van der Waals surface area contributed by atoms with Crippen molar-refractivity contribution in [1.82, 2.24) is 0 Å². The molecule has 0 spiro atoms. The van der Waals surface area contributed by atoms with Gasteiger partial charge < -0.3 is 4.74 Å². The largest absolute Gasteiger partial charge is 0.426 e. The maximum atomic E-state index is 11.1. The Balaban J connectivity index is 2.71. The molecule has 0 aromatic heterocycles. The molecule has 0 N–H and O–H groups in total. The zero-order valence-electron chi connectivity index (χ0n) is 7.72. The van der Waals surface area contributed by atoms with E-state index < -0.39 is 0 Å². The SMILES string of the molecule is CCCC(=O)Oc1cc(Cl)cc(Cl)c1. The second-order valence-electron chi connectivity index (χ2n) is 2.83. The van der Waals surface area contributed by atoms with Crippen molar-refractivity contribution in [2.75, 3.05) is 0 Å². The van der Waals surface area contributed by atoms with Crippen molar-refractivity contribution in [3.05, 3.63) is 28.2 Å². The Morgan fingerprint density at radius 1 is 1.29 bits per heavy atom. The van der Waals surface area contributed by atoms with Crippen molar-refractivity contribution in [2.45, 2.75) is 19.8 Å². The van der Waals surface area contributed by atoms with Crippen LogP contribution in [0, 0.1) is 0 Å². The highest BCUT2D eigenvalue weighted by Crippen LogP contribution is 2.24. The number of halogens is 2. The fourth-order valence-electron chi connectivity index (χ4n) is 0.974. The molecule has 4 heteroatoms. The van der Waals surface area contributed by atoms with E-state index in [0.29, 0.717) is 22.2 Å². The monoisotopic (exact) mass is 232 g/mol. The van der Waals surface area contributed by atoms with Gasteiger partial charge in [0.15, 0.2) is 0 Å². The molecular formula is C10H10Cl2O2. The second kappa shape index (κ2) is 5.23. The smallest absolute Gasteiger partial charge is 0.311 e. The maximum absolute atomic E-state index is 11.1. The first-order chi connectivity index (χ1) is 6.61. The molecule has 0 atom stereocenters. The van der Waals surface area contributed by atoms with Crippen LogP contribution in [0.25, 0.3) is 0 Å². The fraction of sp³-hybridized carbons (Fsp3) is 0.300. The van der Waals surface area contributed by atoms with E-state index in [4.69, 9.17) is 27.9 Å². The van der Waals surface area contributed by atoms with Gasteiger partial charge in [-0.2, -0.15) is 0 Å². The third-order valence-corrected chi connectivity index (χ3v) is 1.96. The normalized spacial score (nSPS) is 9.93. The van der Waals surface area contributed by atoms with Gasteiger partial charge in [-0.15, -0.1) is 0 Å². The number of ether oxygens (including phenoxy) is 1. The first-order valence-corrected chi connectivity index (χ1v) is 5.04. The summed E-state index contributed by atoms with van der Waals surface area (Å²) in [6.07, 6.45) is 1.15. The highest BCUT2D eigenvalue weighted by atomic mass is 35.5. The minimum Gasteiger partial charge on any atom is -0.426 e. The van der Waals surface area contributed by atoms with E-state index in [-0.39, 0.29) is 5.97 Å². The minimum atomic E-state index is -0.272. The van der Waals surface area contributed by atoms with Crippen LogP contribution in [0.4, 0.5) is 0 Å². The molecule has 0 aliphatic heterocycles. The van der Waals surface area contributed by atoms with Gasteiger partial charge in [-0.3, -0.25) is 4.79 Å². The van der Waals surface area contributed by atoms with E-state index >= 15 is 0 Å². The molecule has 0 saturated carbocycles. The lowest BCUT2D eigenvalue weighted by molar-refractivity contribution is -0.134. The molecule has 0 saturated heterocycles. The molecule has 0 aliphatic carbocycles. The number of benzene rings is 1. The van der Waals surface area contributed by atoms with Crippen LogP contribution in [-0.2, 0) is 4.79 Å². The summed E-state index contributed by atoms with van der Waals surface area (Å²) in [6.45, 7) is 1.91. The summed E-state index contributed by atoms with van der Waals surface area (Å²) >= 11 is 11.5. The topological polar surface area (TPSA) is 26.3 Å². The van der Waals surface area contributed by atoms with Crippen molar-refractivity contribution in [3.63, 3.8) is 0 Å². The maximum Gasteiger partial charge on any atom is 0.311 e. The molecule has 0 bridgehead atoms. The Labute approximate surface area is 92.8 Å². The van der Waals surface area contributed by atoms with Gasteiger partial charge in [0.05, 0.1) is 0 Å². The Morgan fingerprint density at radius 3 is 2.36 bits per heavy atom. The third-order valence-electron chi connectivity index (χ3n) is 1.52. The number of hydrogen-bond donors (Lipinski definition) is 0. The zero-order valence-corrected chi connectivity index (χ0v) is 9.23. The van der Waals surface area contributed by atoms with Gasteiger partial charge in [0.1, 0.15) is 5.75 Å². The summed E-state index contributed by atoms with van der Waals surface area (Å²) in [7, 11) is 0. The lowest BCUT2D eigenvalue weighted by Gasteiger charge is -2.04. The van der Waals surface area contributed by atoms with Crippen molar-refractivity contribution >= 4 is 29.2 Å². The van der Waals surface area contributed by atoms with Crippen LogP contribution in [0.3, 0.4) is 0 Å². The van der Waals surface area contributed by atoms with Crippen LogP contribution in [0.1, 0.15) is 19.8 Å². The predicted molar refractivity (Wildman–Crippen MR) is 57.0 cm³/mol. The van der Waals surface area contributed by atoms with Gasteiger partial charge in [-0.25, -0.2) is 0 Å². The Bertz CT molecular complexity index is 317. The Kier molecular flexibility index (Phi) is 4.23. The number of hydrogen-bond acceptors (Lipinski definition) is 2. The van der Waals surface area contributed by atoms with Crippen molar-refractivity contribution in [1.29, 1.82) is 0 Å². The van der Waals surface area contributed by atoms with Gasteiger partial charge in [0, 0.05) is 16.5 Å². The molecule has 0 amide bonds. The third kappa shape index (κ3) is 3.56. The molecule has 14 heavy (non-hydrogen) atoms. The quantitative estimate of drug-likeness (QED) is 0.587. The first kappa shape index (κ1) is 11.3. The Morgan fingerprint density at radius 2 is 1.86 bits per heavy atom. The average Bonchev–Trinajstić information content (AvgIpc) is 2.01. The Hall–Kier alpha value is -0.730. The lowest BCUT2D eigenvalue weighted by atomic mass is 10.3. The zero-order chi connectivity index (χ0) is 10.6. The predicted octanol–water partition coefficient (Wildman–Crippen LogP) is 3.70. The number of rotatable bonds is 3. The summed E-state index contributed by atoms with van der Waals surface area (Å²) in [5.41, 5.74) is 0. The highest BCUT2D eigenvalue weighted by Gasteiger charge is 2.04. The summed E-state index contributed by atoms with van der Waals surface area (Å²) < 4.78 is 5.01. The standard InChI is InChI=1S/C10H10Cl2O2/c1-2-3-10(13)14-9-5-7(11)4-8(12)6-9/h4-6H,2-3H2,1H3. The molecule has 0 fully saturated rings. The molecule has 0 unspecified atom stereocenters. The first-order valence-electron chi connectivity index (χ1n) is 4.28. The molecule has 0 aliphatic rings. The van der Waals surface area contributed by atoms with Gasteiger partial charge in [0.25, 0.3) is 0 Å². The van der Waals surface area contributed by atoms with Gasteiger partial charge in [0.2, 0.25) is 0 Å². The van der Waals surface area contributed by atoms with E-state index in [1.54, 1.807) is 18.2 Å². The average molecular weight is 233 g/mol. The number of esters is 1. The number of carbonyl (C=O) groups excluding carboxylic acids is 1. The number of carbonyl (C=O) groups is 1. The van der Waals surface area contributed by atoms with Crippen molar-refractivity contribution in [2.24, 2.45) is 0 Å². The minimum absolute atomic E-state index is 0.272. The summed E-state index contributed by atoms with van der Waals surface area (Å²) in [4.78, 5) is 11.1. The van der Waals surface area contributed by atoms with E-state index in [1.165, 1.54) is 0 Å². The summed E-state index contributed by atoms with van der Waals surface area (Å²) in [5, 5.41) is 0.911. The van der Waals surface area contributed by atoms with Crippen LogP contribution >= 0.6 is 23.2 Å². The van der Waals surface area contributed by atoms with Gasteiger partial charge in [-0.05, 0) is 24.6 Å². The highest BCUT2D eigenvalue weighted by molar-refractivity contribution is 6.34. The van der Waals surface area contributed by atoms with Crippen LogP contribution in [-0.4, -0.2) is 5.97 Å². The second-order valence-corrected chi connectivity index (χ2v) is 3.70. The summed E-state index contributed by atoms with van der Waals surface area (Å²) in [5.74, 6) is 0.117. The molecule has 1 aromatic rings. The molecular weight excluding hydrogens is 223 g/mol. The van der Waals surface area contributed by atoms with E-state index in [1.807, 2.05) is 6.92 Å². The molecule has 76 valence electrons. The molecule has 0 heterocycles. The van der Waals surface area contributed by atoms with E-state index in [0.717, 1.165) is 6.42 Å². The molecule has 2 nitrogen and oxygen atoms in total. The van der Waals surface area contributed by atoms with Crippen molar-refractivity contribution < 1.29 is 9.53 Å². The van der Waals surface area contributed by atoms with E-state index in [2.05, 4.69) is 0 Å². The van der Waals surface area contributed by atoms with Crippen LogP contribution in [0.15, 0.2) is 18.2 Å². The molecule has 1 aromatic carbocycles. The van der Waals surface area contributed by atoms with Gasteiger partial charge in [-0.1, -0.05) is 30.1 Å².